The lowest BCUT2D eigenvalue weighted by Gasteiger charge is -2.38. The first kappa shape index (κ1) is 14.3. The number of nitrogens with zero attached hydrogens (tertiary/aromatic N) is 1. The minimum atomic E-state index is -3.03. The van der Waals surface area contributed by atoms with Gasteiger partial charge in [0.25, 0.3) is 0 Å². The third kappa shape index (κ3) is 3.09. The van der Waals surface area contributed by atoms with E-state index in [4.69, 9.17) is 11.6 Å². The first-order valence-electron chi connectivity index (χ1n) is 6.16. The Morgan fingerprint density at radius 3 is 2.58 bits per heavy atom. The molecule has 0 radical (unpaired) electrons. The van der Waals surface area contributed by atoms with Crippen LogP contribution in [0, 0.1) is 0 Å². The van der Waals surface area contributed by atoms with Gasteiger partial charge in [0.05, 0.1) is 11.7 Å². The molecule has 104 valence electrons. The number of hydrogen-bond acceptors (Lipinski definition) is 3. The van der Waals surface area contributed by atoms with Crippen molar-refractivity contribution in [2.24, 2.45) is 0 Å². The summed E-state index contributed by atoms with van der Waals surface area (Å²) < 4.78 is 23.2. The highest BCUT2D eigenvalue weighted by molar-refractivity contribution is 7.92. The van der Waals surface area contributed by atoms with Gasteiger partial charge in [0.1, 0.15) is 0 Å². The lowest BCUT2D eigenvalue weighted by molar-refractivity contribution is -0.133. The first-order chi connectivity index (χ1) is 8.94. The third-order valence-electron chi connectivity index (χ3n) is 3.41. The fourth-order valence-electron chi connectivity index (χ4n) is 2.02. The smallest absolute Gasteiger partial charge is 0.227 e. The van der Waals surface area contributed by atoms with Crippen LogP contribution in [-0.4, -0.2) is 43.3 Å². The summed E-state index contributed by atoms with van der Waals surface area (Å²) in [6.07, 6.45) is 0.221. The summed E-state index contributed by atoms with van der Waals surface area (Å²) in [6, 6.07) is 7.18. The van der Waals surface area contributed by atoms with Gasteiger partial charge in [-0.25, -0.2) is 8.42 Å². The van der Waals surface area contributed by atoms with E-state index in [1.54, 1.807) is 24.0 Å². The lowest BCUT2D eigenvalue weighted by atomic mass is 10.1. The summed E-state index contributed by atoms with van der Waals surface area (Å²) in [6.45, 7) is 2.24. The highest BCUT2D eigenvalue weighted by atomic mass is 35.5. The topological polar surface area (TPSA) is 54.5 Å². The van der Waals surface area contributed by atoms with Crippen LogP contribution in [0.1, 0.15) is 12.5 Å². The molecular formula is C13H16ClNO3S. The van der Waals surface area contributed by atoms with Crippen LogP contribution < -0.4 is 0 Å². The second kappa shape index (κ2) is 5.51. The number of hydrogen-bond donors (Lipinski definition) is 0. The van der Waals surface area contributed by atoms with Gasteiger partial charge in [-0.15, -0.1) is 0 Å². The molecule has 0 atom stereocenters. The standard InChI is InChI=1S/C13H16ClNO3S/c1-2-19(17,18)11-8-15(9-11)13(16)7-10-5-3-4-6-12(10)14/h3-6,11H,2,7-9H2,1H3. The van der Waals surface area contributed by atoms with Gasteiger partial charge in [-0.05, 0) is 11.6 Å². The zero-order valence-electron chi connectivity index (χ0n) is 10.7. The van der Waals surface area contributed by atoms with Gasteiger partial charge in [0.2, 0.25) is 5.91 Å². The van der Waals surface area contributed by atoms with Crippen LogP contribution in [0.25, 0.3) is 0 Å². The molecule has 0 aliphatic carbocycles. The highest BCUT2D eigenvalue weighted by Gasteiger charge is 2.38. The minimum Gasteiger partial charge on any atom is -0.340 e. The van der Waals surface area contributed by atoms with Crippen LogP contribution in [0.3, 0.4) is 0 Å². The van der Waals surface area contributed by atoms with Crippen LogP contribution in [-0.2, 0) is 21.1 Å². The van der Waals surface area contributed by atoms with Crippen molar-refractivity contribution in [2.75, 3.05) is 18.8 Å². The van der Waals surface area contributed by atoms with Crippen molar-refractivity contribution in [3.05, 3.63) is 34.9 Å². The first-order valence-corrected chi connectivity index (χ1v) is 8.26. The Bertz CT molecular complexity index is 579. The molecule has 1 aliphatic rings. The zero-order chi connectivity index (χ0) is 14.0. The maximum absolute atomic E-state index is 12.0. The van der Waals surface area contributed by atoms with E-state index in [-0.39, 0.29) is 18.1 Å². The summed E-state index contributed by atoms with van der Waals surface area (Å²) in [5, 5.41) is 0.168. The van der Waals surface area contributed by atoms with E-state index in [0.717, 1.165) is 5.56 Å². The van der Waals surface area contributed by atoms with Crippen LogP contribution >= 0.6 is 11.6 Å². The van der Waals surface area contributed by atoms with E-state index in [0.29, 0.717) is 18.1 Å². The van der Waals surface area contributed by atoms with Gasteiger partial charge >= 0.3 is 0 Å². The van der Waals surface area contributed by atoms with Crippen molar-refractivity contribution < 1.29 is 13.2 Å². The predicted molar refractivity (Wildman–Crippen MR) is 75.0 cm³/mol. The van der Waals surface area contributed by atoms with E-state index in [2.05, 4.69) is 0 Å². The van der Waals surface area contributed by atoms with Gasteiger partial charge in [-0.3, -0.25) is 4.79 Å². The molecule has 1 aliphatic heterocycles. The molecule has 0 bridgehead atoms. The van der Waals surface area contributed by atoms with E-state index >= 15 is 0 Å². The van der Waals surface area contributed by atoms with Crippen molar-refractivity contribution in [3.63, 3.8) is 0 Å². The Kier molecular flexibility index (Phi) is 4.16. The maximum Gasteiger partial charge on any atom is 0.227 e. The molecule has 1 aromatic rings. The summed E-state index contributed by atoms with van der Waals surface area (Å²) in [5.41, 5.74) is 0.774. The molecule has 1 amide bonds. The molecule has 0 spiro atoms. The summed E-state index contributed by atoms with van der Waals surface area (Å²) in [5.74, 6) is 0.0557. The molecule has 1 fully saturated rings. The van der Waals surface area contributed by atoms with Gasteiger partial charge in [0.15, 0.2) is 9.84 Å². The number of sulfone groups is 1. The van der Waals surface area contributed by atoms with E-state index in [1.807, 2.05) is 12.1 Å². The zero-order valence-corrected chi connectivity index (χ0v) is 12.2. The second-order valence-corrected chi connectivity index (χ2v) is 7.62. The molecule has 1 aromatic carbocycles. The highest BCUT2D eigenvalue weighted by Crippen LogP contribution is 2.21. The normalized spacial score (nSPS) is 16.2. The van der Waals surface area contributed by atoms with Crippen molar-refractivity contribution >= 4 is 27.3 Å². The number of carbonyl (C=O) groups excluding carboxylic acids is 1. The van der Waals surface area contributed by atoms with Gasteiger partial charge in [0, 0.05) is 23.9 Å². The van der Waals surface area contributed by atoms with Crippen LogP contribution in [0.2, 0.25) is 5.02 Å². The fraction of sp³-hybridized carbons (Fsp3) is 0.462. The van der Waals surface area contributed by atoms with E-state index in [1.165, 1.54) is 0 Å². The number of benzene rings is 1. The molecule has 1 heterocycles. The number of amides is 1. The molecule has 1 saturated heterocycles. The fourth-order valence-corrected chi connectivity index (χ4v) is 3.51. The van der Waals surface area contributed by atoms with Crippen LogP contribution in [0.4, 0.5) is 0 Å². The summed E-state index contributed by atoms with van der Waals surface area (Å²) in [4.78, 5) is 13.6. The average molecular weight is 302 g/mol. The van der Waals surface area contributed by atoms with Crippen LogP contribution in [0.5, 0.6) is 0 Å². The molecule has 0 saturated carbocycles. The maximum atomic E-state index is 12.0. The molecule has 0 N–H and O–H groups in total. The van der Waals surface area contributed by atoms with Crippen molar-refractivity contribution in [3.8, 4) is 0 Å². The molecule has 0 unspecified atom stereocenters. The Labute approximate surface area is 118 Å². The van der Waals surface area contributed by atoms with Crippen molar-refractivity contribution in [1.82, 2.24) is 4.90 Å². The summed E-state index contributed by atoms with van der Waals surface area (Å²) in [7, 11) is -3.03. The largest absolute Gasteiger partial charge is 0.340 e. The van der Waals surface area contributed by atoms with Gasteiger partial charge in [-0.2, -0.15) is 0 Å². The molecule has 2 rings (SSSR count). The summed E-state index contributed by atoms with van der Waals surface area (Å²) >= 11 is 5.99. The van der Waals surface area contributed by atoms with Crippen molar-refractivity contribution in [2.45, 2.75) is 18.6 Å². The van der Waals surface area contributed by atoms with Crippen LogP contribution in [0.15, 0.2) is 24.3 Å². The van der Waals surface area contributed by atoms with Crippen molar-refractivity contribution in [1.29, 1.82) is 0 Å². The Morgan fingerprint density at radius 1 is 1.37 bits per heavy atom. The predicted octanol–water partition coefficient (Wildman–Crippen LogP) is 1.53. The Morgan fingerprint density at radius 2 is 2.00 bits per heavy atom. The quantitative estimate of drug-likeness (QED) is 0.847. The molecule has 4 nitrogen and oxygen atoms in total. The number of carbonyl (C=O) groups is 1. The molecule has 0 aromatic heterocycles. The van der Waals surface area contributed by atoms with Gasteiger partial charge < -0.3 is 4.90 Å². The third-order valence-corrected chi connectivity index (χ3v) is 5.90. The Balaban J connectivity index is 1.93. The Hall–Kier alpha value is -1.07. The second-order valence-electron chi connectivity index (χ2n) is 4.64. The number of rotatable bonds is 4. The van der Waals surface area contributed by atoms with E-state index < -0.39 is 15.1 Å². The number of likely N-dealkylation sites (tertiary alicyclic amines) is 1. The monoisotopic (exact) mass is 301 g/mol. The average Bonchev–Trinajstić information content (AvgIpc) is 2.30. The molecule has 19 heavy (non-hydrogen) atoms. The minimum absolute atomic E-state index is 0.0735. The SMILES string of the molecule is CCS(=O)(=O)C1CN(C(=O)Cc2ccccc2Cl)C1. The van der Waals surface area contributed by atoms with Gasteiger partial charge in [-0.1, -0.05) is 36.7 Å². The molecular weight excluding hydrogens is 286 g/mol. The molecule has 6 heteroatoms. The van der Waals surface area contributed by atoms with E-state index in [9.17, 15) is 13.2 Å². The number of halogens is 1. The lowest BCUT2D eigenvalue weighted by Crippen LogP contribution is -2.57.